The lowest BCUT2D eigenvalue weighted by Gasteiger charge is -2.15. The Bertz CT molecular complexity index is 1120. The fourth-order valence-corrected chi connectivity index (χ4v) is 5.65. The van der Waals surface area contributed by atoms with E-state index in [0.29, 0.717) is 18.8 Å². The molecule has 0 unspecified atom stereocenters. The van der Waals surface area contributed by atoms with E-state index in [1.54, 1.807) is 24.3 Å². The van der Waals surface area contributed by atoms with E-state index in [1.807, 2.05) is 18.2 Å². The Morgan fingerprint density at radius 1 is 0.931 bits per heavy atom. The maximum Gasteiger partial charge on any atom is 0.243 e. The second-order valence-electron chi connectivity index (χ2n) is 6.98. The number of benzene rings is 3. The predicted molar refractivity (Wildman–Crippen MR) is 118 cm³/mol. The second-order valence-corrected chi connectivity index (χ2v) is 9.97. The van der Waals surface area contributed by atoms with Crippen LogP contribution in [-0.2, 0) is 14.8 Å². The summed E-state index contributed by atoms with van der Waals surface area (Å²) < 4.78 is 26.6. The standard InChI is InChI=1S/C22H22N2O3S2/c25-22(16-28-20-10-7-17-5-1-2-6-18(17)15-20)23-19-8-11-21(12-9-19)29(26,27)24-13-3-4-14-24/h1-2,5-12,15H,3-4,13-14,16H2,(H,23,25). The molecular formula is C22H22N2O3S2. The van der Waals surface area contributed by atoms with Gasteiger partial charge in [-0.15, -0.1) is 11.8 Å². The average Bonchev–Trinajstić information content (AvgIpc) is 3.28. The molecule has 5 nitrogen and oxygen atoms in total. The van der Waals surface area contributed by atoms with Crippen molar-refractivity contribution in [2.24, 2.45) is 0 Å². The molecule has 0 spiro atoms. The van der Waals surface area contributed by atoms with E-state index in [2.05, 4.69) is 29.6 Å². The molecule has 150 valence electrons. The van der Waals surface area contributed by atoms with E-state index in [1.165, 1.54) is 21.5 Å². The molecule has 0 aliphatic carbocycles. The summed E-state index contributed by atoms with van der Waals surface area (Å²) in [5.74, 6) is 0.157. The topological polar surface area (TPSA) is 66.5 Å². The van der Waals surface area contributed by atoms with Gasteiger partial charge in [-0.1, -0.05) is 30.3 Å². The maximum atomic E-state index is 12.6. The third-order valence-electron chi connectivity index (χ3n) is 4.93. The molecule has 1 fully saturated rings. The van der Waals surface area contributed by atoms with Crippen LogP contribution in [0.2, 0.25) is 0 Å². The highest BCUT2D eigenvalue weighted by atomic mass is 32.2. The molecule has 3 aromatic carbocycles. The molecule has 0 bridgehead atoms. The Balaban J connectivity index is 1.35. The molecule has 1 amide bonds. The van der Waals surface area contributed by atoms with E-state index in [-0.39, 0.29) is 16.6 Å². The van der Waals surface area contributed by atoms with Gasteiger partial charge in [0.1, 0.15) is 0 Å². The van der Waals surface area contributed by atoms with Crippen molar-refractivity contribution in [3.05, 3.63) is 66.7 Å². The molecular weight excluding hydrogens is 404 g/mol. The largest absolute Gasteiger partial charge is 0.325 e. The molecule has 0 saturated carbocycles. The van der Waals surface area contributed by atoms with Crippen molar-refractivity contribution in [2.45, 2.75) is 22.6 Å². The van der Waals surface area contributed by atoms with Gasteiger partial charge in [-0.2, -0.15) is 4.31 Å². The van der Waals surface area contributed by atoms with Gasteiger partial charge in [0.05, 0.1) is 10.6 Å². The summed E-state index contributed by atoms with van der Waals surface area (Å²) in [6, 6.07) is 20.6. The number of anilines is 1. The zero-order chi connectivity index (χ0) is 20.3. The molecule has 3 aromatic rings. The third kappa shape index (κ3) is 4.63. The van der Waals surface area contributed by atoms with Crippen molar-refractivity contribution in [3.8, 4) is 0 Å². The van der Waals surface area contributed by atoms with Crippen LogP contribution in [0.4, 0.5) is 5.69 Å². The lowest BCUT2D eigenvalue weighted by atomic mass is 10.1. The van der Waals surface area contributed by atoms with Crippen LogP contribution in [-0.4, -0.2) is 37.5 Å². The van der Waals surface area contributed by atoms with E-state index in [0.717, 1.165) is 23.1 Å². The molecule has 4 rings (SSSR count). The van der Waals surface area contributed by atoms with Crippen LogP contribution in [0.15, 0.2) is 76.5 Å². The summed E-state index contributed by atoms with van der Waals surface area (Å²) >= 11 is 1.47. The lowest BCUT2D eigenvalue weighted by Crippen LogP contribution is -2.27. The molecule has 7 heteroatoms. The van der Waals surface area contributed by atoms with E-state index in [4.69, 9.17) is 0 Å². The van der Waals surface area contributed by atoms with Gasteiger partial charge in [0, 0.05) is 23.7 Å². The average molecular weight is 427 g/mol. The zero-order valence-electron chi connectivity index (χ0n) is 15.9. The van der Waals surface area contributed by atoms with Crippen LogP contribution in [0, 0.1) is 0 Å². The number of carbonyl (C=O) groups is 1. The summed E-state index contributed by atoms with van der Waals surface area (Å²) in [5, 5.41) is 5.15. The maximum absolute atomic E-state index is 12.6. The first-order valence-electron chi connectivity index (χ1n) is 9.54. The van der Waals surface area contributed by atoms with Crippen LogP contribution < -0.4 is 5.32 Å². The normalized spacial score (nSPS) is 14.9. The first-order valence-corrected chi connectivity index (χ1v) is 12.0. The monoisotopic (exact) mass is 426 g/mol. The molecule has 1 heterocycles. The molecule has 0 aromatic heterocycles. The van der Waals surface area contributed by atoms with Crippen molar-refractivity contribution in [2.75, 3.05) is 24.2 Å². The number of nitrogens with zero attached hydrogens (tertiary/aromatic N) is 1. The molecule has 1 aliphatic heterocycles. The molecule has 1 N–H and O–H groups in total. The van der Waals surface area contributed by atoms with Gasteiger partial charge < -0.3 is 5.32 Å². The fourth-order valence-electron chi connectivity index (χ4n) is 3.39. The summed E-state index contributed by atoms with van der Waals surface area (Å²) in [5.41, 5.74) is 0.592. The van der Waals surface area contributed by atoms with E-state index >= 15 is 0 Å². The van der Waals surface area contributed by atoms with Gasteiger partial charge in [0.25, 0.3) is 0 Å². The molecule has 29 heavy (non-hydrogen) atoms. The number of amides is 1. The Hall–Kier alpha value is -2.35. The van der Waals surface area contributed by atoms with Crippen molar-refractivity contribution < 1.29 is 13.2 Å². The van der Waals surface area contributed by atoms with E-state index in [9.17, 15) is 13.2 Å². The van der Waals surface area contributed by atoms with Crippen molar-refractivity contribution in [3.63, 3.8) is 0 Å². The number of fused-ring (bicyclic) bond motifs is 1. The van der Waals surface area contributed by atoms with Crippen molar-refractivity contribution >= 4 is 44.2 Å². The zero-order valence-corrected chi connectivity index (χ0v) is 17.5. The Morgan fingerprint density at radius 2 is 1.62 bits per heavy atom. The summed E-state index contributed by atoms with van der Waals surface area (Å²) in [7, 11) is -3.43. The van der Waals surface area contributed by atoms with Gasteiger partial charge in [0.2, 0.25) is 15.9 Å². The predicted octanol–water partition coefficient (Wildman–Crippen LogP) is 4.36. The first kappa shape index (κ1) is 19.9. The van der Waals surface area contributed by atoms with Crippen molar-refractivity contribution in [1.82, 2.24) is 4.31 Å². The molecule has 1 aliphatic rings. The number of hydrogen-bond donors (Lipinski definition) is 1. The van der Waals surface area contributed by atoms with Crippen LogP contribution in [0.25, 0.3) is 10.8 Å². The lowest BCUT2D eigenvalue weighted by molar-refractivity contribution is -0.113. The highest BCUT2D eigenvalue weighted by Crippen LogP contribution is 2.25. The Kier molecular flexibility index (Phi) is 5.89. The van der Waals surface area contributed by atoms with Crippen LogP contribution in [0.5, 0.6) is 0 Å². The summed E-state index contributed by atoms with van der Waals surface area (Å²) in [4.78, 5) is 13.6. The van der Waals surface area contributed by atoms with Crippen LogP contribution in [0.1, 0.15) is 12.8 Å². The van der Waals surface area contributed by atoms with Crippen LogP contribution in [0.3, 0.4) is 0 Å². The minimum Gasteiger partial charge on any atom is -0.325 e. The summed E-state index contributed by atoms with van der Waals surface area (Å²) in [6.07, 6.45) is 1.81. The Morgan fingerprint density at radius 3 is 2.34 bits per heavy atom. The molecule has 1 saturated heterocycles. The number of rotatable bonds is 6. The van der Waals surface area contributed by atoms with Gasteiger partial charge in [0.15, 0.2) is 0 Å². The van der Waals surface area contributed by atoms with Gasteiger partial charge in [-0.25, -0.2) is 8.42 Å². The second kappa shape index (κ2) is 8.57. The Labute approximate surface area is 175 Å². The van der Waals surface area contributed by atoms with Gasteiger partial charge >= 0.3 is 0 Å². The minimum absolute atomic E-state index is 0.127. The highest BCUT2D eigenvalue weighted by molar-refractivity contribution is 8.00. The van der Waals surface area contributed by atoms with Crippen molar-refractivity contribution in [1.29, 1.82) is 0 Å². The highest BCUT2D eigenvalue weighted by Gasteiger charge is 2.26. The van der Waals surface area contributed by atoms with Crippen LogP contribution >= 0.6 is 11.8 Å². The SMILES string of the molecule is O=C(CSc1ccc2ccccc2c1)Nc1ccc(S(=O)(=O)N2CCCC2)cc1. The fraction of sp³-hybridized carbons (Fsp3) is 0.227. The smallest absolute Gasteiger partial charge is 0.243 e. The number of thioether (sulfide) groups is 1. The third-order valence-corrected chi connectivity index (χ3v) is 7.84. The number of sulfonamides is 1. The summed E-state index contributed by atoms with van der Waals surface area (Å²) in [6.45, 7) is 1.15. The molecule has 0 radical (unpaired) electrons. The molecule has 0 atom stereocenters. The van der Waals surface area contributed by atoms with Gasteiger partial charge in [-0.3, -0.25) is 4.79 Å². The minimum atomic E-state index is -3.43. The first-order chi connectivity index (χ1) is 14.0. The quantitative estimate of drug-likeness (QED) is 0.595. The number of carbonyl (C=O) groups excluding carboxylic acids is 1. The van der Waals surface area contributed by atoms with Gasteiger partial charge in [-0.05, 0) is 60.0 Å². The number of nitrogens with one attached hydrogen (secondary N) is 1. The van der Waals surface area contributed by atoms with E-state index < -0.39 is 10.0 Å². The number of hydrogen-bond acceptors (Lipinski definition) is 4.